The lowest BCUT2D eigenvalue weighted by Gasteiger charge is -2.24. The maximum Gasteiger partial charge on any atom is 0.130 e. The number of nitrogens with zero attached hydrogens (tertiary/aromatic N) is 3. The topological polar surface area (TPSA) is 28.5 Å². The Bertz CT molecular complexity index is 305. The average Bonchev–Trinajstić information content (AvgIpc) is 2.20. The summed E-state index contributed by atoms with van der Waals surface area (Å²) in [5.41, 5.74) is 1.16. The molecule has 0 N–H and O–H groups in total. The summed E-state index contributed by atoms with van der Waals surface area (Å²) in [5, 5.41) is 0. The molecule has 0 saturated heterocycles. The first-order chi connectivity index (χ1) is 6.38. The Morgan fingerprint density at radius 3 is 2.77 bits per heavy atom. The fourth-order valence-corrected chi connectivity index (χ4v) is 1.53. The molecule has 13 heavy (non-hydrogen) atoms. The number of rotatable bonds is 1. The third kappa shape index (κ3) is 1.69. The highest BCUT2D eigenvalue weighted by molar-refractivity contribution is 5.98. The molecule has 68 valence electrons. The van der Waals surface area contributed by atoms with Crippen molar-refractivity contribution in [1.29, 1.82) is 0 Å². The first-order valence-corrected chi connectivity index (χ1v) is 4.54. The van der Waals surface area contributed by atoms with Crippen LogP contribution in [0.2, 0.25) is 0 Å². The Hall–Kier alpha value is -1.38. The molecule has 0 aliphatic carbocycles. The molecule has 3 nitrogen and oxygen atoms in total. The summed E-state index contributed by atoms with van der Waals surface area (Å²) >= 11 is 0. The first kappa shape index (κ1) is 8.23. The second-order valence-corrected chi connectivity index (χ2v) is 3.22. The maximum absolute atomic E-state index is 4.50. The van der Waals surface area contributed by atoms with Gasteiger partial charge >= 0.3 is 0 Å². The Morgan fingerprint density at radius 1 is 1.31 bits per heavy atom. The minimum atomic E-state index is 0.946. The second-order valence-electron chi connectivity index (χ2n) is 3.22. The van der Waals surface area contributed by atoms with Crippen LogP contribution in [0.15, 0.2) is 29.5 Å². The smallest absolute Gasteiger partial charge is 0.130 e. The van der Waals surface area contributed by atoms with Gasteiger partial charge in [-0.25, -0.2) is 0 Å². The van der Waals surface area contributed by atoms with E-state index in [9.17, 15) is 0 Å². The maximum atomic E-state index is 4.50. The summed E-state index contributed by atoms with van der Waals surface area (Å²) < 4.78 is 0. The monoisotopic (exact) mass is 175 g/mol. The third-order valence-corrected chi connectivity index (χ3v) is 2.21. The van der Waals surface area contributed by atoms with Crippen molar-refractivity contribution in [3.63, 3.8) is 0 Å². The lowest BCUT2D eigenvalue weighted by Crippen LogP contribution is -2.32. The summed E-state index contributed by atoms with van der Waals surface area (Å²) in [6.07, 6.45) is 4.77. The van der Waals surface area contributed by atoms with Gasteiger partial charge in [0.1, 0.15) is 5.84 Å². The van der Waals surface area contributed by atoms with E-state index >= 15 is 0 Å². The molecule has 0 bridgehead atoms. The minimum absolute atomic E-state index is 0.946. The SMILES string of the molecule is CN1CCCN=C1c1ccncc1. The van der Waals surface area contributed by atoms with Gasteiger partial charge in [0.2, 0.25) is 0 Å². The molecule has 2 rings (SSSR count). The Morgan fingerprint density at radius 2 is 2.08 bits per heavy atom. The fraction of sp³-hybridized carbons (Fsp3) is 0.400. The van der Waals surface area contributed by atoms with E-state index in [1.54, 1.807) is 12.4 Å². The zero-order valence-electron chi connectivity index (χ0n) is 7.77. The lowest BCUT2D eigenvalue weighted by molar-refractivity contribution is 0.468. The van der Waals surface area contributed by atoms with Gasteiger partial charge in [-0.1, -0.05) is 0 Å². The Labute approximate surface area is 78.1 Å². The van der Waals surface area contributed by atoms with Gasteiger partial charge in [-0.05, 0) is 18.6 Å². The van der Waals surface area contributed by atoms with Crippen LogP contribution in [0.4, 0.5) is 0 Å². The summed E-state index contributed by atoms with van der Waals surface area (Å²) in [7, 11) is 2.08. The van der Waals surface area contributed by atoms with E-state index in [0.29, 0.717) is 0 Å². The number of amidine groups is 1. The standard InChI is InChI=1S/C10H13N3/c1-13-8-2-5-12-10(13)9-3-6-11-7-4-9/h3-4,6-7H,2,5,8H2,1H3. The van der Waals surface area contributed by atoms with Crippen molar-refractivity contribution in [2.24, 2.45) is 4.99 Å². The number of aromatic nitrogens is 1. The predicted molar refractivity (Wildman–Crippen MR) is 52.9 cm³/mol. The molecule has 1 aromatic rings. The van der Waals surface area contributed by atoms with Crippen molar-refractivity contribution >= 4 is 5.84 Å². The quantitative estimate of drug-likeness (QED) is 0.641. The lowest BCUT2D eigenvalue weighted by atomic mass is 10.2. The highest BCUT2D eigenvalue weighted by Gasteiger charge is 2.11. The molecule has 0 fully saturated rings. The fourth-order valence-electron chi connectivity index (χ4n) is 1.53. The average molecular weight is 175 g/mol. The van der Waals surface area contributed by atoms with Crippen LogP contribution in [0.5, 0.6) is 0 Å². The van der Waals surface area contributed by atoms with E-state index in [2.05, 4.69) is 21.9 Å². The molecule has 0 saturated carbocycles. The van der Waals surface area contributed by atoms with Crippen molar-refractivity contribution in [2.45, 2.75) is 6.42 Å². The zero-order valence-corrected chi connectivity index (χ0v) is 7.77. The molecule has 2 heterocycles. The van der Waals surface area contributed by atoms with E-state index in [-0.39, 0.29) is 0 Å². The summed E-state index contributed by atoms with van der Waals surface area (Å²) in [6, 6.07) is 4.00. The van der Waals surface area contributed by atoms with Crippen LogP contribution in [-0.2, 0) is 0 Å². The minimum Gasteiger partial charge on any atom is -0.359 e. The van der Waals surface area contributed by atoms with E-state index in [1.165, 1.54) is 0 Å². The van der Waals surface area contributed by atoms with Crippen molar-refractivity contribution in [3.8, 4) is 0 Å². The predicted octanol–water partition coefficient (Wildman–Crippen LogP) is 1.16. The molecule has 1 aliphatic rings. The number of aliphatic imine (C=N–C) groups is 1. The van der Waals surface area contributed by atoms with Crippen molar-refractivity contribution in [2.75, 3.05) is 20.1 Å². The van der Waals surface area contributed by atoms with E-state index in [4.69, 9.17) is 0 Å². The van der Waals surface area contributed by atoms with Crippen molar-refractivity contribution in [1.82, 2.24) is 9.88 Å². The highest BCUT2D eigenvalue weighted by atomic mass is 15.2. The van der Waals surface area contributed by atoms with Gasteiger partial charge in [0.25, 0.3) is 0 Å². The number of pyridine rings is 1. The second kappa shape index (κ2) is 3.56. The molecule has 0 spiro atoms. The van der Waals surface area contributed by atoms with E-state index in [0.717, 1.165) is 30.9 Å². The van der Waals surface area contributed by atoms with Crippen molar-refractivity contribution < 1.29 is 0 Å². The van der Waals surface area contributed by atoms with Crippen LogP contribution in [-0.4, -0.2) is 35.9 Å². The summed E-state index contributed by atoms with van der Waals surface area (Å²) in [5.74, 6) is 1.09. The molecular formula is C10H13N3. The van der Waals surface area contributed by atoms with Gasteiger partial charge in [-0.3, -0.25) is 9.98 Å². The first-order valence-electron chi connectivity index (χ1n) is 4.54. The zero-order chi connectivity index (χ0) is 9.10. The van der Waals surface area contributed by atoms with Gasteiger partial charge in [0.15, 0.2) is 0 Å². The molecule has 1 aliphatic heterocycles. The third-order valence-electron chi connectivity index (χ3n) is 2.21. The van der Waals surface area contributed by atoms with Crippen LogP contribution < -0.4 is 0 Å². The molecule has 1 aromatic heterocycles. The van der Waals surface area contributed by atoms with Gasteiger partial charge in [0, 0.05) is 38.1 Å². The molecule has 0 unspecified atom stereocenters. The van der Waals surface area contributed by atoms with Crippen LogP contribution in [0, 0.1) is 0 Å². The summed E-state index contributed by atoms with van der Waals surface area (Å²) in [4.78, 5) is 10.7. The largest absolute Gasteiger partial charge is 0.359 e. The van der Waals surface area contributed by atoms with Crippen molar-refractivity contribution in [3.05, 3.63) is 30.1 Å². The normalized spacial score (nSPS) is 17.0. The van der Waals surface area contributed by atoms with Crippen LogP contribution in [0.1, 0.15) is 12.0 Å². The molecule has 3 heteroatoms. The van der Waals surface area contributed by atoms with E-state index in [1.807, 2.05) is 12.1 Å². The highest BCUT2D eigenvalue weighted by Crippen LogP contribution is 2.08. The van der Waals surface area contributed by atoms with E-state index < -0.39 is 0 Å². The molecule has 0 radical (unpaired) electrons. The molecule has 0 atom stereocenters. The summed E-state index contributed by atoms with van der Waals surface area (Å²) in [6.45, 7) is 2.04. The van der Waals surface area contributed by atoms with Gasteiger partial charge < -0.3 is 4.90 Å². The molecular weight excluding hydrogens is 162 g/mol. The molecule has 0 aromatic carbocycles. The van der Waals surface area contributed by atoms with Crippen LogP contribution in [0.25, 0.3) is 0 Å². The molecule has 0 amide bonds. The Balaban J connectivity index is 2.30. The van der Waals surface area contributed by atoms with Gasteiger partial charge in [-0.15, -0.1) is 0 Å². The van der Waals surface area contributed by atoms with Gasteiger partial charge in [0.05, 0.1) is 0 Å². The van der Waals surface area contributed by atoms with Crippen LogP contribution >= 0.6 is 0 Å². The number of hydrogen-bond donors (Lipinski definition) is 0. The van der Waals surface area contributed by atoms with Crippen LogP contribution in [0.3, 0.4) is 0 Å². The Kier molecular flexibility index (Phi) is 2.25. The van der Waals surface area contributed by atoms with Gasteiger partial charge in [-0.2, -0.15) is 0 Å². The number of hydrogen-bond acceptors (Lipinski definition) is 3.